The molecule has 9 heteroatoms. The summed E-state index contributed by atoms with van der Waals surface area (Å²) in [5, 5.41) is 1.45. The number of alkyl halides is 2. The van der Waals surface area contributed by atoms with Crippen molar-refractivity contribution in [2.75, 3.05) is 13.7 Å². The van der Waals surface area contributed by atoms with E-state index in [1.54, 1.807) is 4.72 Å². The van der Waals surface area contributed by atoms with Gasteiger partial charge in [-0.3, -0.25) is 0 Å². The molecule has 0 saturated heterocycles. The van der Waals surface area contributed by atoms with Gasteiger partial charge >= 0.3 is 5.97 Å². The van der Waals surface area contributed by atoms with E-state index in [9.17, 15) is 22.0 Å². The monoisotopic (exact) mass is 299 g/mol. The molecule has 102 valence electrons. The molecule has 0 aliphatic carbocycles. The third-order valence-electron chi connectivity index (χ3n) is 1.99. The van der Waals surface area contributed by atoms with Crippen LogP contribution < -0.4 is 4.72 Å². The minimum Gasteiger partial charge on any atom is -0.465 e. The van der Waals surface area contributed by atoms with Gasteiger partial charge in [0.05, 0.1) is 13.7 Å². The van der Waals surface area contributed by atoms with Crippen LogP contribution in [0.25, 0.3) is 0 Å². The molecule has 0 fully saturated rings. The van der Waals surface area contributed by atoms with E-state index < -0.39 is 29.0 Å². The van der Waals surface area contributed by atoms with Crippen LogP contribution in [0.15, 0.2) is 10.3 Å². The first-order chi connectivity index (χ1) is 8.29. The van der Waals surface area contributed by atoms with Crippen LogP contribution in [0.3, 0.4) is 0 Å². The predicted molar refractivity (Wildman–Crippen MR) is 61.6 cm³/mol. The molecule has 0 radical (unpaired) electrons. The number of thiophene rings is 1. The van der Waals surface area contributed by atoms with E-state index in [-0.39, 0.29) is 9.77 Å². The second kappa shape index (κ2) is 5.72. The minimum absolute atomic E-state index is 0.128. The van der Waals surface area contributed by atoms with Gasteiger partial charge in [0.1, 0.15) is 9.77 Å². The number of sulfonamides is 1. The van der Waals surface area contributed by atoms with Crippen molar-refractivity contribution in [3.05, 3.63) is 15.8 Å². The van der Waals surface area contributed by atoms with E-state index in [0.29, 0.717) is 5.56 Å². The number of esters is 1. The number of ether oxygens (including phenoxy) is 1. The van der Waals surface area contributed by atoms with Crippen molar-refractivity contribution in [1.29, 1.82) is 0 Å². The zero-order chi connectivity index (χ0) is 13.9. The quantitative estimate of drug-likeness (QED) is 0.834. The van der Waals surface area contributed by atoms with Crippen molar-refractivity contribution in [2.24, 2.45) is 0 Å². The molecule has 1 heterocycles. The molecular formula is C9H11F2NO4S2. The number of hydrogen-bond acceptors (Lipinski definition) is 5. The predicted octanol–water partition coefficient (Wildman–Crippen LogP) is 1.39. The summed E-state index contributed by atoms with van der Waals surface area (Å²) >= 11 is 0.889. The number of hydrogen-bond donors (Lipinski definition) is 1. The molecule has 1 aromatic heterocycles. The van der Waals surface area contributed by atoms with Crippen molar-refractivity contribution < 1.29 is 26.7 Å². The van der Waals surface area contributed by atoms with Crippen LogP contribution in [-0.4, -0.2) is 34.5 Å². The summed E-state index contributed by atoms with van der Waals surface area (Å²) in [5.74, 6) is -0.814. The van der Waals surface area contributed by atoms with Crippen molar-refractivity contribution in [1.82, 2.24) is 4.72 Å². The maximum atomic E-state index is 12.0. The zero-order valence-corrected chi connectivity index (χ0v) is 11.2. The molecule has 0 aliphatic heterocycles. The van der Waals surface area contributed by atoms with Gasteiger partial charge in [-0.1, -0.05) is 0 Å². The van der Waals surface area contributed by atoms with Crippen LogP contribution in [0.1, 0.15) is 15.2 Å². The lowest BCUT2D eigenvalue weighted by molar-refractivity contribution is 0.0602. The van der Waals surface area contributed by atoms with Gasteiger partial charge in [0.2, 0.25) is 10.0 Å². The smallest absolute Gasteiger partial charge is 0.349 e. The Morgan fingerprint density at radius 2 is 2.17 bits per heavy atom. The van der Waals surface area contributed by atoms with Crippen molar-refractivity contribution in [3.63, 3.8) is 0 Å². The van der Waals surface area contributed by atoms with Crippen LogP contribution in [0.4, 0.5) is 8.78 Å². The lowest BCUT2D eigenvalue weighted by Crippen LogP contribution is -2.29. The maximum absolute atomic E-state index is 12.0. The fraction of sp³-hybridized carbons (Fsp3) is 0.444. The normalized spacial score (nSPS) is 11.8. The molecular weight excluding hydrogens is 288 g/mol. The molecule has 0 aromatic carbocycles. The number of aryl methyl sites for hydroxylation is 1. The molecule has 0 atom stereocenters. The van der Waals surface area contributed by atoms with Gasteiger partial charge in [0.15, 0.2) is 0 Å². The van der Waals surface area contributed by atoms with E-state index in [4.69, 9.17) is 0 Å². The maximum Gasteiger partial charge on any atom is 0.349 e. The van der Waals surface area contributed by atoms with Gasteiger partial charge < -0.3 is 4.74 Å². The van der Waals surface area contributed by atoms with Crippen LogP contribution in [-0.2, 0) is 14.8 Å². The molecule has 0 aliphatic rings. The van der Waals surface area contributed by atoms with Crippen LogP contribution >= 0.6 is 11.3 Å². The molecule has 5 nitrogen and oxygen atoms in total. The van der Waals surface area contributed by atoms with Gasteiger partial charge in [0.25, 0.3) is 6.43 Å². The highest BCUT2D eigenvalue weighted by molar-refractivity contribution is 7.89. The first-order valence-corrected chi connectivity index (χ1v) is 7.10. The first-order valence-electron chi connectivity index (χ1n) is 4.73. The Kier molecular flexibility index (Phi) is 4.77. The standard InChI is InChI=1S/C9H11F2NO4S2/c1-5-4-17-7(9(13)16-2)8(5)18(14,15)12-3-6(10)11/h4,6,12H,3H2,1-2H3. The SMILES string of the molecule is COC(=O)c1scc(C)c1S(=O)(=O)NCC(F)F. The summed E-state index contributed by atoms with van der Waals surface area (Å²) in [6.45, 7) is 0.470. The number of carbonyl (C=O) groups is 1. The zero-order valence-electron chi connectivity index (χ0n) is 9.57. The molecule has 0 bridgehead atoms. The largest absolute Gasteiger partial charge is 0.465 e. The number of halogens is 2. The summed E-state index contributed by atoms with van der Waals surface area (Å²) in [4.78, 5) is 10.9. The molecule has 1 aromatic rings. The fourth-order valence-electron chi connectivity index (χ4n) is 1.25. The van der Waals surface area contributed by atoms with E-state index >= 15 is 0 Å². The van der Waals surface area contributed by atoms with Gasteiger partial charge in [-0.2, -0.15) is 0 Å². The third-order valence-corrected chi connectivity index (χ3v) is 4.80. The lowest BCUT2D eigenvalue weighted by Gasteiger charge is -2.07. The van der Waals surface area contributed by atoms with E-state index in [0.717, 1.165) is 18.4 Å². The molecule has 0 saturated carbocycles. The Balaban J connectivity index is 3.15. The molecule has 1 rings (SSSR count). The van der Waals surface area contributed by atoms with Crippen LogP contribution in [0.2, 0.25) is 0 Å². The van der Waals surface area contributed by atoms with E-state index in [1.807, 2.05) is 0 Å². The first kappa shape index (κ1) is 15.0. The topological polar surface area (TPSA) is 72.5 Å². The van der Waals surface area contributed by atoms with Crippen LogP contribution in [0, 0.1) is 6.92 Å². The minimum atomic E-state index is -4.15. The van der Waals surface area contributed by atoms with E-state index in [1.165, 1.54) is 12.3 Å². The highest BCUT2D eigenvalue weighted by Crippen LogP contribution is 2.27. The number of methoxy groups -OCH3 is 1. The summed E-state index contributed by atoms with van der Waals surface area (Å²) in [6, 6.07) is 0. The lowest BCUT2D eigenvalue weighted by atomic mass is 10.3. The van der Waals surface area contributed by atoms with Crippen molar-refractivity contribution >= 4 is 27.3 Å². The van der Waals surface area contributed by atoms with Gasteiger partial charge in [-0.15, -0.1) is 11.3 Å². The molecule has 1 N–H and O–H groups in total. The van der Waals surface area contributed by atoms with Crippen LogP contribution in [0.5, 0.6) is 0 Å². The van der Waals surface area contributed by atoms with Gasteiger partial charge in [0, 0.05) is 0 Å². The summed E-state index contributed by atoms with van der Waals surface area (Å²) in [7, 11) is -3.04. The second-order valence-electron chi connectivity index (χ2n) is 3.31. The molecule has 0 amide bonds. The fourth-order valence-corrected chi connectivity index (χ4v) is 3.95. The van der Waals surface area contributed by atoms with Gasteiger partial charge in [-0.05, 0) is 17.9 Å². The average molecular weight is 299 g/mol. The Labute approximate surface area is 107 Å². The molecule has 0 unspecified atom stereocenters. The van der Waals surface area contributed by atoms with E-state index in [2.05, 4.69) is 4.74 Å². The number of carbonyl (C=O) groups excluding carboxylic acids is 1. The Bertz CT molecular complexity index is 539. The second-order valence-corrected chi connectivity index (χ2v) is 5.89. The Morgan fingerprint density at radius 3 is 2.67 bits per heavy atom. The molecule has 0 spiro atoms. The Morgan fingerprint density at radius 1 is 1.56 bits per heavy atom. The number of nitrogens with one attached hydrogen (secondary N) is 1. The number of rotatable bonds is 5. The average Bonchev–Trinajstić information content (AvgIpc) is 2.68. The van der Waals surface area contributed by atoms with Gasteiger partial charge in [-0.25, -0.2) is 26.7 Å². The van der Waals surface area contributed by atoms with Crippen molar-refractivity contribution in [3.8, 4) is 0 Å². The highest BCUT2D eigenvalue weighted by atomic mass is 32.2. The Hall–Kier alpha value is -1.06. The van der Waals surface area contributed by atoms with Crippen molar-refractivity contribution in [2.45, 2.75) is 18.2 Å². The highest BCUT2D eigenvalue weighted by Gasteiger charge is 2.27. The summed E-state index contributed by atoms with van der Waals surface area (Å²) < 4.78 is 53.8. The third kappa shape index (κ3) is 3.24. The summed E-state index contributed by atoms with van der Waals surface area (Å²) in [5.41, 5.74) is 0.308. The molecule has 18 heavy (non-hydrogen) atoms. The summed E-state index contributed by atoms with van der Waals surface area (Å²) in [6.07, 6.45) is -2.81.